The molecular formula is C58H108Ho4MoSi4. The molecule has 0 saturated carbocycles. The summed E-state index contributed by atoms with van der Waals surface area (Å²) in [5.74, 6) is 0. The van der Waals surface area contributed by atoms with Crippen LogP contribution in [-0.2, 0) is 21.1 Å². The van der Waals surface area contributed by atoms with E-state index in [9.17, 15) is 0 Å². The van der Waals surface area contributed by atoms with Crippen LogP contribution in [0.1, 0.15) is 130 Å². The minimum atomic E-state index is -1.13. The van der Waals surface area contributed by atoms with Gasteiger partial charge in [-0.3, -0.25) is 0 Å². The van der Waals surface area contributed by atoms with Gasteiger partial charge in [0.15, 0.2) is 0 Å². The SMILES string of the molecule is Cc1c(C)c(C)[c-](C)c1C.Cc1c(C)c(C)[c-]([Si](C)(C)C)c1C.Cc1c(C)c(C)[c-]([Si](C)(C)C)c1C.Cc1c(C)c(C)[c-]([Si](C)(C)C)c1C.Cc1c(C)c(C)[c-]([Si](C)(C)C)c1C.[H-].[H-].[H-].[H-].[H-].[H-].[H-].[H-].[H-].[Ho+3].[Ho+3].[Ho+3].[Ho+3].[Mo+2]. The molecule has 0 aliphatic heterocycles. The number of rotatable bonds is 4. The van der Waals surface area contributed by atoms with Crippen LogP contribution >= 0.6 is 0 Å². The molecule has 5 rings (SSSR count). The maximum absolute atomic E-state index is 2.43. The first-order valence-corrected chi connectivity index (χ1v) is 37.8. The molecule has 5 aromatic carbocycles. The first-order chi connectivity index (χ1) is 27.6. The summed E-state index contributed by atoms with van der Waals surface area (Å²) in [6, 6.07) is 0. The Balaban J connectivity index is -0.0000000505. The maximum atomic E-state index is 2.43. The van der Waals surface area contributed by atoms with E-state index in [1.807, 2.05) is 0 Å². The first kappa shape index (κ1) is 79.2. The number of hydrogen-bond donors (Lipinski definition) is 0. The van der Waals surface area contributed by atoms with Crippen LogP contribution in [0.2, 0.25) is 78.6 Å². The Bertz CT molecular complexity index is 1930. The standard InChI is InChI=1S/4C12H21Si.C10H15.4Ho.Mo.9H/c4*1-8-9(2)11(4)12(10(8)3)13(5,6)7;1-6-7(2)9(4)10(5)8(6)3;;;;;;;;;;;;;;/h4*1-7H3;1-5H3;;;;;;;;;;;;;;/q5*-1;4*+3;+2;9*-1. The fourth-order valence-electron chi connectivity index (χ4n) is 10.8. The van der Waals surface area contributed by atoms with Crippen LogP contribution in [0, 0.1) is 296 Å². The zero-order valence-corrected chi connectivity index (χ0v) is 62.9. The molecule has 0 fully saturated rings. The van der Waals surface area contributed by atoms with Crippen molar-refractivity contribution in [2.45, 2.75) is 224 Å². The van der Waals surface area contributed by atoms with Crippen LogP contribution in [-0.4, -0.2) is 32.3 Å². The van der Waals surface area contributed by atoms with Crippen LogP contribution in [0.15, 0.2) is 0 Å². The summed E-state index contributed by atoms with van der Waals surface area (Å²) < 4.78 is 0. The Hall–Kier alpha value is 3.34. The third kappa shape index (κ3) is 19.4. The third-order valence-electron chi connectivity index (χ3n) is 15.6. The summed E-state index contributed by atoms with van der Waals surface area (Å²) in [6.45, 7) is 76.4. The molecule has 0 atom stereocenters. The quantitative estimate of drug-likeness (QED) is 0.124. The van der Waals surface area contributed by atoms with Crippen molar-refractivity contribution < 1.29 is 185 Å². The van der Waals surface area contributed by atoms with E-state index in [0.29, 0.717) is 0 Å². The fraction of sp³-hybridized carbons (Fsp3) is 0.569. The zero-order valence-electron chi connectivity index (χ0n) is 58.1. The van der Waals surface area contributed by atoms with Gasteiger partial charge in [0.25, 0.3) is 0 Å². The van der Waals surface area contributed by atoms with Crippen molar-refractivity contribution in [1.29, 1.82) is 0 Å². The summed E-state index contributed by atoms with van der Waals surface area (Å²) in [5, 5.41) is 6.73. The third-order valence-corrected chi connectivity index (χ3v) is 24.6. The van der Waals surface area contributed by atoms with Crippen LogP contribution in [0.3, 0.4) is 0 Å². The van der Waals surface area contributed by atoms with Gasteiger partial charge in [-0.1, -0.05) is 224 Å². The first-order valence-electron chi connectivity index (χ1n) is 23.8. The summed E-state index contributed by atoms with van der Waals surface area (Å²) >= 11 is 0. The van der Waals surface area contributed by atoms with Gasteiger partial charge in [0.05, 0.1) is 0 Å². The van der Waals surface area contributed by atoms with Crippen molar-refractivity contribution in [2.75, 3.05) is 0 Å². The molecule has 0 aliphatic rings. The second-order valence-corrected chi connectivity index (χ2v) is 43.6. The monoisotopic (exact) mass is 1670 g/mol. The molecule has 0 spiro atoms. The van der Waals surface area contributed by atoms with E-state index in [1.165, 1.54) is 72.3 Å². The van der Waals surface area contributed by atoms with E-state index < -0.39 is 32.3 Å². The van der Waals surface area contributed by atoms with Gasteiger partial charge in [0.1, 0.15) is 0 Å². The molecule has 0 unspecified atom stereocenters. The predicted molar refractivity (Wildman–Crippen MR) is 312 cm³/mol. The molecule has 5 aromatic rings. The topological polar surface area (TPSA) is 0 Å². The van der Waals surface area contributed by atoms with Crippen LogP contribution in [0.4, 0.5) is 0 Å². The fourth-order valence-corrected chi connectivity index (χ4v) is 21.3. The van der Waals surface area contributed by atoms with Crippen molar-refractivity contribution in [1.82, 2.24) is 0 Å². The summed E-state index contributed by atoms with van der Waals surface area (Å²) in [6.07, 6.45) is 0. The molecule has 9 heteroatoms. The van der Waals surface area contributed by atoms with E-state index in [-0.39, 0.29) is 185 Å². The van der Waals surface area contributed by atoms with Gasteiger partial charge in [0, 0.05) is 32.3 Å². The predicted octanol–water partition coefficient (Wildman–Crippen LogP) is 16.7. The molecular weight excluding hydrogens is 1560 g/mol. The van der Waals surface area contributed by atoms with E-state index in [2.05, 4.69) is 224 Å². The van der Waals surface area contributed by atoms with Crippen molar-refractivity contribution in [3.63, 3.8) is 0 Å². The Kier molecular flexibility index (Phi) is 36.6. The van der Waals surface area contributed by atoms with Crippen molar-refractivity contribution in [3.8, 4) is 0 Å². The van der Waals surface area contributed by atoms with Crippen molar-refractivity contribution >= 4 is 53.0 Å². The largest absolute Gasteiger partial charge is 3.00 e. The molecule has 67 heavy (non-hydrogen) atoms. The maximum Gasteiger partial charge on any atom is 3.00 e. The molecule has 0 radical (unpaired) electrons. The van der Waals surface area contributed by atoms with Gasteiger partial charge >= 0.3 is 172 Å². The molecule has 0 nitrogen and oxygen atoms in total. The molecule has 406 valence electrons. The summed E-state index contributed by atoms with van der Waals surface area (Å²) in [5.41, 5.74) is 31.8. The van der Waals surface area contributed by atoms with Crippen LogP contribution in [0.25, 0.3) is 0 Å². The van der Waals surface area contributed by atoms with Crippen LogP contribution < -0.4 is 20.7 Å². The minimum absolute atomic E-state index is 0. The molecule has 0 bridgehead atoms. The van der Waals surface area contributed by atoms with Gasteiger partial charge in [-0.15, -0.1) is 0 Å². The number of hydrogen-bond acceptors (Lipinski definition) is 0. The molecule has 0 heterocycles. The van der Waals surface area contributed by atoms with Gasteiger partial charge in [-0.25, -0.2) is 0 Å². The average molecular weight is 1670 g/mol. The smallest absolute Gasteiger partial charge is 1.00 e. The van der Waals surface area contributed by atoms with Gasteiger partial charge < -0.3 is 12.8 Å². The Labute approximate surface area is 569 Å². The van der Waals surface area contributed by atoms with Crippen molar-refractivity contribution in [2.24, 2.45) is 0 Å². The Morgan fingerprint density at radius 3 is 0.358 bits per heavy atom. The van der Waals surface area contributed by atoms with Gasteiger partial charge in [-0.2, -0.15) is 138 Å². The minimum Gasteiger partial charge on any atom is -1.00 e. The normalized spacial score (nSPS) is 11.1. The van der Waals surface area contributed by atoms with E-state index >= 15 is 0 Å². The van der Waals surface area contributed by atoms with Crippen molar-refractivity contribution in [3.05, 3.63) is 117 Å². The van der Waals surface area contributed by atoms with E-state index in [0.717, 1.165) is 0 Å². The molecule has 0 saturated heterocycles. The van der Waals surface area contributed by atoms with Crippen LogP contribution in [0.5, 0.6) is 0 Å². The molecule has 0 aromatic heterocycles. The van der Waals surface area contributed by atoms with E-state index in [1.54, 1.807) is 65.3 Å². The Morgan fingerprint density at radius 2 is 0.313 bits per heavy atom. The second-order valence-electron chi connectivity index (χ2n) is 23.6. The summed E-state index contributed by atoms with van der Waals surface area (Å²) in [4.78, 5) is 0. The summed E-state index contributed by atoms with van der Waals surface area (Å²) in [7, 11) is -4.53. The Morgan fingerprint density at radius 1 is 0.224 bits per heavy atom. The average Bonchev–Trinajstić information content (AvgIpc) is 3.69. The molecule has 0 N–H and O–H groups in total. The molecule has 0 amide bonds. The van der Waals surface area contributed by atoms with Gasteiger partial charge in [0.2, 0.25) is 0 Å². The zero-order chi connectivity index (χ0) is 49.4. The second kappa shape index (κ2) is 30.9. The van der Waals surface area contributed by atoms with Gasteiger partial charge in [-0.05, 0) is 0 Å². The molecule has 0 aliphatic carbocycles. The van der Waals surface area contributed by atoms with E-state index in [4.69, 9.17) is 0 Å².